The number of hydrogen-bond donors (Lipinski definition) is 6. The Morgan fingerprint density at radius 2 is 1.02 bits per heavy atom. The third-order valence-electron chi connectivity index (χ3n) is 10.8. The number of rotatable bonds is 37. The molecule has 1 aliphatic heterocycles. The van der Waals surface area contributed by atoms with E-state index in [2.05, 4.69) is 80.7 Å². The van der Waals surface area contributed by atoms with Crippen LogP contribution in [-0.4, -0.2) is 111 Å². The molecule has 66 heavy (non-hydrogen) atoms. The molecule has 0 aromatic rings. The second-order valence-corrected chi connectivity index (χ2v) is 18.0. The number of aliphatic hydroxyl groups is 5. The lowest BCUT2D eigenvalue weighted by Gasteiger charge is -2.41. The summed E-state index contributed by atoms with van der Waals surface area (Å²) in [5.41, 5.74) is 0. The van der Waals surface area contributed by atoms with Gasteiger partial charge in [0.15, 0.2) is 6.10 Å². The van der Waals surface area contributed by atoms with E-state index in [-0.39, 0.29) is 12.8 Å². The summed E-state index contributed by atoms with van der Waals surface area (Å²) in [5, 5.41) is 50.2. The van der Waals surface area contributed by atoms with Gasteiger partial charge in [-0.25, -0.2) is 4.57 Å². The maximum atomic E-state index is 12.8. The Bertz CT molecular complexity index is 1590. The van der Waals surface area contributed by atoms with Gasteiger partial charge in [0, 0.05) is 12.8 Å². The topological polar surface area (TPSA) is 222 Å². The molecule has 1 saturated carbocycles. The van der Waals surface area contributed by atoms with E-state index in [9.17, 15) is 44.6 Å². The molecule has 1 aliphatic carbocycles. The Morgan fingerprint density at radius 3 is 1.58 bits per heavy atom. The molecule has 14 nitrogen and oxygen atoms in total. The maximum absolute atomic E-state index is 12.8. The molecule has 15 heteroatoms. The van der Waals surface area contributed by atoms with Gasteiger partial charge in [-0.3, -0.25) is 18.6 Å². The van der Waals surface area contributed by atoms with E-state index < -0.39 is 75.7 Å². The van der Waals surface area contributed by atoms with Crippen LogP contribution in [0.4, 0.5) is 0 Å². The van der Waals surface area contributed by atoms with Crippen LogP contribution in [0.2, 0.25) is 0 Å². The Balaban J connectivity index is 1.74. The highest BCUT2D eigenvalue weighted by atomic mass is 31.2. The zero-order valence-electron chi connectivity index (χ0n) is 39.4. The van der Waals surface area contributed by atoms with E-state index in [0.717, 1.165) is 51.4 Å². The lowest BCUT2D eigenvalue weighted by atomic mass is 9.85. The third kappa shape index (κ3) is 28.2. The van der Waals surface area contributed by atoms with Gasteiger partial charge in [-0.15, -0.1) is 0 Å². The van der Waals surface area contributed by atoms with Crippen molar-refractivity contribution in [1.29, 1.82) is 0 Å². The maximum Gasteiger partial charge on any atom is 0.472 e. The second kappa shape index (κ2) is 36.7. The summed E-state index contributed by atoms with van der Waals surface area (Å²) < 4.78 is 39.1. The number of carbonyl (C=O) groups excluding carboxylic acids is 2. The van der Waals surface area contributed by atoms with Crippen molar-refractivity contribution < 1.29 is 67.8 Å². The highest BCUT2D eigenvalue weighted by molar-refractivity contribution is 7.47. The minimum absolute atomic E-state index is 0.00139. The summed E-state index contributed by atoms with van der Waals surface area (Å²) in [6, 6.07) is 0. The standard InChI is InChI=1S/C51H81O14P/c1-3-5-7-8-9-10-11-12-13-14-15-16-21-24-27-30-34-38-45(53)63-41(40-62-66(59,60)65-51-49(57)47(55)46(54)48(56)50(51)58)39-61-44(52)37-33-29-26-23-20-18-17-19-22-25-28-32-36-43-42(64-43)35-31-6-4-2/h6,12-13,15-16,18-20,22,24,26-29,31-32,41-43,46-51,54-58H,3-5,7-11,14,17,21,23,25,30,33-40H2,1-2H3,(H,59,60)/b13-12-,16-15-,20-18-,22-19-,27-24-,29-26-,31-6-,32-28-/t41-,42?,43?,46?,47-,48+,49-,50-,51?/m1/s1. The minimum atomic E-state index is -5.16. The number of esters is 2. The molecule has 374 valence electrons. The third-order valence-corrected chi connectivity index (χ3v) is 11.8. The van der Waals surface area contributed by atoms with Crippen molar-refractivity contribution in [2.75, 3.05) is 13.2 Å². The van der Waals surface area contributed by atoms with Crippen molar-refractivity contribution in [2.24, 2.45) is 0 Å². The lowest BCUT2D eigenvalue weighted by Crippen LogP contribution is -2.64. The number of ether oxygens (including phenoxy) is 3. The first kappa shape index (κ1) is 58.9. The summed E-state index contributed by atoms with van der Waals surface area (Å²) in [6.07, 6.45) is 38.0. The monoisotopic (exact) mass is 949 g/mol. The molecule has 0 aromatic carbocycles. The quantitative estimate of drug-likeness (QED) is 0.0113. The minimum Gasteiger partial charge on any atom is -0.462 e. The Kier molecular flexibility index (Phi) is 32.8. The number of phosphoric acid groups is 1. The summed E-state index contributed by atoms with van der Waals surface area (Å²) in [6.45, 7) is 3.06. The van der Waals surface area contributed by atoms with E-state index in [1.807, 2.05) is 30.4 Å². The molecule has 5 unspecified atom stereocenters. The molecule has 0 bridgehead atoms. The van der Waals surface area contributed by atoms with E-state index in [4.69, 9.17) is 23.3 Å². The molecule has 2 aliphatic rings. The SMILES string of the molecule is CC/C=C\CC1OC1C/C=C\C/C=C\C/C=C\C/C=C\CCC(=O)OC[C@H](COP(=O)(O)OC1[C@H](O)[C@H](O)C(O)[C@H](O)[C@H]1O)OC(=O)CCC/C=C\C/C=C\C/C=C\CCCCCCCC. The van der Waals surface area contributed by atoms with Gasteiger partial charge in [-0.1, -0.05) is 143 Å². The largest absolute Gasteiger partial charge is 0.472 e. The molecule has 0 aromatic heterocycles. The van der Waals surface area contributed by atoms with Crippen molar-refractivity contribution in [1.82, 2.24) is 0 Å². The molecular formula is C51H81O14P. The number of phosphoric ester groups is 1. The number of aliphatic hydroxyl groups excluding tert-OH is 5. The smallest absolute Gasteiger partial charge is 0.462 e. The van der Waals surface area contributed by atoms with Gasteiger partial charge < -0.3 is 44.6 Å². The fraction of sp³-hybridized carbons (Fsp3) is 0.647. The first-order chi connectivity index (χ1) is 31.9. The van der Waals surface area contributed by atoms with Crippen molar-refractivity contribution in [2.45, 2.75) is 197 Å². The molecule has 1 heterocycles. The number of hydrogen-bond acceptors (Lipinski definition) is 13. The van der Waals surface area contributed by atoms with Crippen LogP contribution in [0.3, 0.4) is 0 Å². The second-order valence-electron chi connectivity index (χ2n) is 16.6. The van der Waals surface area contributed by atoms with Crippen molar-refractivity contribution in [3.8, 4) is 0 Å². The van der Waals surface area contributed by atoms with Crippen LogP contribution in [0.1, 0.15) is 142 Å². The highest BCUT2D eigenvalue weighted by Crippen LogP contribution is 2.47. The van der Waals surface area contributed by atoms with Crippen LogP contribution in [0.5, 0.6) is 0 Å². The number of epoxide rings is 1. The summed E-state index contributed by atoms with van der Waals surface area (Å²) in [4.78, 5) is 35.7. The molecule has 2 rings (SSSR count). The average molecular weight is 949 g/mol. The van der Waals surface area contributed by atoms with Crippen LogP contribution >= 0.6 is 7.82 Å². The summed E-state index contributed by atoms with van der Waals surface area (Å²) in [7, 11) is -5.16. The van der Waals surface area contributed by atoms with Crippen LogP contribution in [0.25, 0.3) is 0 Å². The molecule has 1 saturated heterocycles. The Labute approximate surface area is 394 Å². The van der Waals surface area contributed by atoms with Crippen LogP contribution in [0, 0.1) is 0 Å². The van der Waals surface area contributed by atoms with Gasteiger partial charge >= 0.3 is 19.8 Å². The predicted octanol–water partition coefficient (Wildman–Crippen LogP) is 8.82. The molecule has 10 atom stereocenters. The predicted molar refractivity (Wildman–Crippen MR) is 257 cm³/mol. The molecule has 0 spiro atoms. The lowest BCUT2D eigenvalue weighted by molar-refractivity contribution is -0.220. The van der Waals surface area contributed by atoms with Crippen LogP contribution < -0.4 is 0 Å². The molecule has 6 N–H and O–H groups in total. The average Bonchev–Trinajstić information content (AvgIpc) is 4.06. The molecule has 0 amide bonds. The van der Waals surface area contributed by atoms with Gasteiger partial charge in [0.25, 0.3) is 0 Å². The first-order valence-corrected chi connectivity index (χ1v) is 25.7. The normalized spacial score (nSPS) is 25.2. The van der Waals surface area contributed by atoms with Gasteiger partial charge in [0.1, 0.15) is 43.2 Å². The van der Waals surface area contributed by atoms with Crippen LogP contribution in [0.15, 0.2) is 97.2 Å². The van der Waals surface area contributed by atoms with E-state index >= 15 is 0 Å². The van der Waals surface area contributed by atoms with Crippen LogP contribution in [-0.2, 0) is 37.4 Å². The van der Waals surface area contributed by atoms with Crippen molar-refractivity contribution in [3.05, 3.63) is 97.2 Å². The number of unbranched alkanes of at least 4 members (excludes halogenated alkanes) is 7. The zero-order valence-corrected chi connectivity index (χ0v) is 40.3. The van der Waals surface area contributed by atoms with Gasteiger partial charge in [-0.05, 0) is 83.5 Å². The number of allylic oxidation sites excluding steroid dienone is 14. The van der Waals surface area contributed by atoms with Gasteiger partial charge in [-0.2, -0.15) is 0 Å². The van der Waals surface area contributed by atoms with E-state index in [1.54, 1.807) is 0 Å². The highest BCUT2D eigenvalue weighted by Gasteiger charge is 2.51. The molecule has 0 radical (unpaired) electrons. The Hall–Kier alpha value is -3.27. The van der Waals surface area contributed by atoms with E-state index in [1.165, 1.54) is 38.5 Å². The van der Waals surface area contributed by atoms with Crippen molar-refractivity contribution >= 4 is 19.8 Å². The first-order valence-electron chi connectivity index (χ1n) is 24.2. The molecule has 2 fully saturated rings. The fourth-order valence-electron chi connectivity index (χ4n) is 6.84. The van der Waals surface area contributed by atoms with Gasteiger partial charge in [0.05, 0.1) is 18.8 Å². The Morgan fingerprint density at radius 1 is 0.545 bits per heavy atom. The zero-order chi connectivity index (χ0) is 48.3. The van der Waals surface area contributed by atoms with E-state index in [0.29, 0.717) is 37.9 Å². The number of carbonyl (C=O) groups is 2. The van der Waals surface area contributed by atoms with Crippen molar-refractivity contribution in [3.63, 3.8) is 0 Å². The molecular weight excluding hydrogens is 868 g/mol. The van der Waals surface area contributed by atoms with Gasteiger partial charge in [0.2, 0.25) is 0 Å². The fourth-order valence-corrected chi connectivity index (χ4v) is 7.81. The summed E-state index contributed by atoms with van der Waals surface area (Å²) >= 11 is 0. The summed E-state index contributed by atoms with van der Waals surface area (Å²) in [5.74, 6) is -1.27.